The fourth-order valence-electron chi connectivity index (χ4n) is 3.52. The molecule has 5 rings (SSSR count). The third kappa shape index (κ3) is 2.31. The van der Waals surface area contributed by atoms with Crippen LogP contribution in [0.25, 0.3) is 38.3 Å². The zero-order valence-corrected chi connectivity index (χ0v) is 14.0. The van der Waals surface area contributed by atoms with E-state index in [4.69, 9.17) is 0 Å². The molecular weight excluding hydrogens is 342 g/mol. The molecule has 0 bridgehead atoms. The van der Waals surface area contributed by atoms with Crippen LogP contribution >= 0.6 is 0 Å². The average Bonchev–Trinajstić information content (AvgIpc) is 3.06. The largest absolute Gasteiger partial charge is 0.504 e. The number of hydrogen-bond acceptors (Lipinski definition) is 4. The number of phenols is 1. The molecule has 4 aromatic carbocycles. The molecule has 0 saturated heterocycles. The van der Waals surface area contributed by atoms with Crippen molar-refractivity contribution >= 4 is 38.5 Å². The second-order valence-corrected chi connectivity index (χ2v) is 6.38. The molecule has 5 aromatic rings. The van der Waals surface area contributed by atoms with Gasteiger partial charge < -0.3 is 15.2 Å². The van der Waals surface area contributed by atoms with Gasteiger partial charge in [0.25, 0.3) is 0 Å². The molecular formula is C21H13N3O3. The quantitative estimate of drug-likeness (QED) is 0.276. The molecule has 27 heavy (non-hydrogen) atoms. The fraction of sp³-hybridized carbons (Fsp3) is 0. The van der Waals surface area contributed by atoms with Gasteiger partial charge in [0.05, 0.1) is 0 Å². The van der Waals surface area contributed by atoms with E-state index in [1.165, 1.54) is 4.57 Å². The Bertz CT molecular complexity index is 1370. The molecule has 0 aliphatic carbocycles. The summed E-state index contributed by atoms with van der Waals surface area (Å²) in [5.74, 6) is -0.365. The minimum absolute atomic E-state index is 0.0379. The highest BCUT2D eigenvalue weighted by Crippen LogP contribution is 2.35. The maximum Gasteiger partial charge on any atom is 0.440 e. The Morgan fingerprint density at radius 1 is 0.852 bits per heavy atom. The van der Waals surface area contributed by atoms with Gasteiger partial charge in [0.2, 0.25) is 0 Å². The number of nitrogens with zero attached hydrogens (tertiary/aromatic N) is 3. The van der Waals surface area contributed by atoms with Crippen molar-refractivity contribution in [3.05, 3.63) is 82.9 Å². The molecule has 0 spiro atoms. The summed E-state index contributed by atoms with van der Waals surface area (Å²) < 4.78 is 1.39. The van der Waals surface area contributed by atoms with Gasteiger partial charge in [-0.1, -0.05) is 41.4 Å². The molecule has 1 heterocycles. The Balaban J connectivity index is 1.86. The number of benzene rings is 4. The summed E-state index contributed by atoms with van der Waals surface area (Å²) in [5, 5.41) is 26.1. The molecule has 0 atom stereocenters. The van der Waals surface area contributed by atoms with E-state index >= 15 is 0 Å². The summed E-state index contributed by atoms with van der Waals surface area (Å²) in [5.41, 5.74) is 1.40. The standard InChI is InChI=1S/C21H13N3O3/c25-20-12-16-10-14-6-2-1-5-13(14)9-15(16)11-19(20)23-18-8-4-3-7-17(18)22-21(23)24(26)27/h1-12,25H. The molecule has 0 radical (unpaired) electrons. The Morgan fingerprint density at radius 2 is 1.48 bits per heavy atom. The lowest BCUT2D eigenvalue weighted by atomic mass is 10.0. The maximum absolute atomic E-state index is 11.6. The number of fused-ring (bicyclic) bond motifs is 3. The predicted molar refractivity (Wildman–Crippen MR) is 104 cm³/mol. The van der Waals surface area contributed by atoms with E-state index in [-0.39, 0.29) is 11.7 Å². The van der Waals surface area contributed by atoms with Gasteiger partial charge in [0.15, 0.2) is 22.5 Å². The van der Waals surface area contributed by atoms with Crippen molar-refractivity contribution in [1.82, 2.24) is 9.55 Å². The highest BCUT2D eigenvalue weighted by molar-refractivity contribution is 6.00. The van der Waals surface area contributed by atoms with Crippen molar-refractivity contribution in [3.8, 4) is 11.4 Å². The lowest BCUT2D eigenvalue weighted by Crippen LogP contribution is -2.01. The predicted octanol–water partition coefficient (Wildman–Crippen LogP) is 4.95. The average molecular weight is 355 g/mol. The lowest BCUT2D eigenvalue weighted by molar-refractivity contribution is -0.395. The van der Waals surface area contributed by atoms with Crippen LogP contribution in [-0.2, 0) is 0 Å². The third-order valence-corrected chi connectivity index (χ3v) is 4.75. The van der Waals surface area contributed by atoms with Gasteiger partial charge in [0.1, 0.15) is 0 Å². The first-order valence-electron chi connectivity index (χ1n) is 8.39. The van der Waals surface area contributed by atoms with E-state index in [2.05, 4.69) is 4.98 Å². The summed E-state index contributed by atoms with van der Waals surface area (Å²) in [6, 6.07) is 22.4. The molecule has 6 heteroatoms. The Morgan fingerprint density at radius 3 is 2.19 bits per heavy atom. The number of para-hydroxylation sites is 2. The smallest absolute Gasteiger partial charge is 0.440 e. The lowest BCUT2D eigenvalue weighted by Gasteiger charge is -2.08. The number of phenolic OH excluding ortho intramolecular Hbond substituents is 1. The molecule has 1 aromatic heterocycles. The van der Waals surface area contributed by atoms with Gasteiger partial charge in [-0.3, -0.25) is 0 Å². The molecule has 0 aliphatic rings. The van der Waals surface area contributed by atoms with Crippen LogP contribution in [0.5, 0.6) is 5.75 Å². The Kier molecular flexibility index (Phi) is 3.14. The second kappa shape index (κ2) is 5.54. The molecule has 0 amide bonds. The summed E-state index contributed by atoms with van der Waals surface area (Å²) >= 11 is 0. The van der Waals surface area contributed by atoms with Crippen molar-refractivity contribution < 1.29 is 10.0 Å². The maximum atomic E-state index is 11.6. The molecule has 6 nitrogen and oxygen atoms in total. The first kappa shape index (κ1) is 15.3. The molecule has 0 fully saturated rings. The van der Waals surface area contributed by atoms with Crippen LogP contribution in [-0.4, -0.2) is 19.6 Å². The SMILES string of the molecule is O=[N+]([O-])c1nc2ccccc2n1-c1cc2cc3ccccc3cc2cc1O. The molecule has 130 valence electrons. The summed E-state index contributed by atoms with van der Waals surface area (Å²) in [6.07, 6.45) is 0. The van der Waals surface area contributed by atoms with Gasteiger partial charge in [-0.15, -0.1) is 0 Å². The van der Waals surface area contributed by atoms with Crippen LogP contribution < -0.4 is 0 Å². The van der Waals surface area contributed by atoms with Crippen LogP contribution in [0.2, 0.25) is 0 Å². The summed E-state index contributed by atoms with van der Waals surface area (Å²) in [6.45, 7) is 0. The summed E-state index contributed by atoms with van der Waals surface area (Å²) in [7, 11) is 0. The topological polar surface area (TPSA) is 81.2 Å². The van der Waals surface area contributed by atoms with Crippen molar-refractivity contribution in [1.29, 1.82) is 0 Å². The van der Waals surface area contributed by atoms with Crippen molar-refractivity contribution in [3.63, 3.8) is 0 Å². The van der Waals surface area contributed by atoms with Gasteiger partial charge >= 0.3 is 5.95 Å². The summed E-state index contributed by atoms with van der Waals surface area (Å²) in [4.78, 5) is 15.1. The van der Waals surface area contributed by atoms with Crippen LogP contribution in [0.3, 0.4) is 0 Å². The van der Waals surface area contributed by atoms with Crippen LogP contribution in [0.1, 0.15) is 0 Å². The molecule has 0 saturated carbocycles. The van der Waals surface area contributed by atoms with E-state index in [0.717, 1.165) is 21.5 Å². The zero-order valence-electron chi connectivity index (χ0n) is 14.0. The molecule has 0 unspecified atom stereocenters. The van der Waals surface area contributed by atoms with E-state index in [1.807, 2.05) is 36.4 Å². The van der Waals surface area contributed by atoms with E-state index in [9.17, 15) is 15.2 Å². The zero-order chi connectivity index (χ0) is 18.5. The molecule has 1 N–H and O–H groups in total. The van der Waals surface area contributed by atoms with Crippen LogP contribution in [0.15, 0.2) is 72.8 Å². The van der Waals surface area contributed by atoms with Gasteiger partial charge in [0, 0.05) is 0 Å². The number of nitro groups is 1. The van der Waals surface area contributed by atoms with E-state index in [0.29, 0.717) is 16.7 Å². The monoisotopic (exact) mass is 355 g/mol. The van der Waals surface area contributed by atoms with Crippen molar-refractivity contribution in [2.45, 2.75) is 0 Å². The first-order chi connectivity index (χ1) is 13.1. The van der Waals surface area contributed by atoms with Gasteiger partial charge in [-0.25, -0.2) is 0 Å². The minimum atomic E-state index is -0.538. The number of aromatic nitrogens is 2. The number of rotatable bonds is 2. The normalized spacial score (nSPS) is 11.4. The second-order valence-electron chi connectivity index (χ2n) is 6.38. The number of aromatic hydroxyl groups is 1. The van der Waals surface area contributed by atoms with Crippen molar-refractivity contribution in [2.75, 3.05) is 0 Å². The third-order valence-electron chi connectivity index (χ3n) is 4.75. The minimum Gasteiger partial charge on any atom is -0.504 e. The Labute approximate surface area is 153 Å². The van der Waals surface area contributed by atoms with Crippen molar-refractivity contribution in [2.24, 2.45) is 0 Å². The van der Waals surface area contributed by atoms with E-state index in [1.54, 1.807) is 36.4 Å². The Hall–Kier alpha value is -3.93. The van der Waals surface area contributed by atoms with E-state index < -0.39 is 4.92 Å². The van der Waals surface area contributed by atoms with Gasteiger partial charge in [-0.05, 0) is 62.9 Å². The number of imidazole rings is 1. The first-order valence-corrected chi connectivity index (χ1v) is 8.39. The molecule has 0 aliphatic heterocycles. The number of hydrogen-bond donors (Lipinski definition) is 1. The fourth-order valence-corrected chi connectivity index (χ4v) is 3.52. The van der Waals surface area contributed by atoms with Crippen LogP contribution in [0, 0.1) is 10.1 Å². The highest BCUT2D eigenvalue weighted by Gasteiger charge is 2.25. The van der Waals surface area contributed by atoms with Crippen LogP contribution in [0.4, 0.5) is 5.95 Å². The van der Waals surface area contributed by atoms with Gasteiger partial charge in [-0.2, -0.15) is 4.57 Å². The highest BCUT2D eigenvalue weighted by atomic mass is 16.6.